The topological polar surface area (TPSA) is 72.9 Å². The molecule has 96 valence electrons. The molecule has 3 aromatic rings. The van der Waals surface area contributed by atoms with Crippen molar-refractivity contribution in [1.82, 2.24) is 19.6 Å². The van der Waals surface area contributed by atoms with Crippen molar-refractivity contribution in [2.24, 2.45) is 7.05 Å². The first-order chi connectivity index (χ1) is 9.16. The van der Waals surface area contributed by atoms with Gasteiger partial charge in [-0.2, -0.15) is 10.2 Å². The van der Waals surface area contributed by atoms with Crippen LogP contribution in [0.25, 0.3) is 10.9 Å². The molecule has 0 amide bonds. The Balaban J connectivity index is 2.06. The number of para-hydroxylation sites is 1. The summed E-state index contributed by atoms with van der Waals surface area (Å²) in [5.41, 5.74) is 1.81. The number of hydrogen-bond acceptors (Lipinski definition) is 3. The number of aromatic carboxylic acids is 1. The SMILES string of the molecule is Cn1ncc(C(=O)O)c1Cn1ncc2ccccc21. The normalized spacial score (nSPS) is 11.0. The lowest BCUT2D eigenvalue weighted by molar-refractivity contribution is 0.0695. The number of aromatic nitrogens is 4. The van der Waals surface area contributed by atoms with Crippen molar-refractivity contribution in [3.63, 3.8) is 0 Å². The monoisotopic (exact) mass is 256 g/mol. The van der Waals surface area contributed by atoms with Gasteiger partial charge in [-0.1, -0.05) is 18.2 Å². The van der Waals surface area contributed by atoms with Gasteiger partial charge in [0.1, 0.15) is 5.56 Å². The summed E-state index contributed by atoms with van der Waals surface area (Å²) < 4.78 is 3.35. The Morgan fingerprint density at radius 1 is 1.26 bits per heavy atom. The first-order valence-corrected chi connectivity index (χ1v) is 5.81. The third-order valence-electron chi connectivity index (χ3n) is 3.14. The molecule has 0 bridgehead atoms. The summed E-state index contributed by atoms with van der Waals surface area (Å²) in [6.45, 7) is 0.381. The number of benzene rings is 1. The van der Waals surface area contributed by atoms with Gasteiger partial charge >= 0.3 is 5.97 Å². The van der Waals surface area contributed by atoms with Crippen LogP contribution in [0.5, 0.6) is 0 Å². The van der Waals surface area contributed by atoms with E-state index in [2.05, 4.69) is 10.2 Å². The summed E-state index contributed by atoms with van der Waals surface area (Å²) in [5.74, 6) is -0.973. The molecule has 2 heterocycles. The van der Waals surface area contributed by atoms with Crippen molar-refractivity contribution in [3.8, 4) is 0 Å². The zero-order valence-electron chi connectivity index (χ0n) is 10.3. The highest BCUT2D eigenvalue weighted by molar-refractivity contribution is 5.88. The Hall–Kier alpha value is -2.63. The molecule has 0 fully saturated rings. The van der Waals surface area contributed by atoms with Gasteiger partial charge in [0.05, 0.1) is 30.1 Å². The standard InChI is InChI=1S/C13H12N4O2/c1-16-12(10(7-14-16)13(18)19)8-17-11-5-3-2-4-9(11)6-15-17/h2-7H,8H2,1H3,(H,18,19). The Morgan fingerprint density at radius 2 is 2.05 bits per heavy atom. The molecule has 3 rings (SSSR count). The van der Waals surface area contributed by atoms with Crippen molar-refractivity contribution in [1.29, 1.82) is 0 Å². The van der Waals surface area contributed by atoms with Crippen molar-refractivity contribution >= 4 is 16.9 Å². The number of rotatable bonds is 3. The molecule has 0 aliphatic rings. The van der Waals surface area contributed by atoms with Crippen LogP contribution in [0.3, 0.4) is 0 Å². The van der Waals surface area contributed by atoms with E-state index in [0.717, 1.165) is 10.9 Å². The van der Waals surface area contributed by atoms with Gasteiger partial charge in [-0.25, -0.2) is 4.79 Å². The van der Waals surface area contributed by atoms with Gasteiger partial charge in [0.2, 0.25) is 0 Å². The Labute approximate surface area is 108 Å². The maximum Gasteiger partial charge on any atom is 0.339 e. The third-order valence-corrected chi connectivity index (χ3v) is 3.14. The Kier molecular flexibility index (Phi) is 2.56. The molecule has 0 unspecified atom stereocenters. The summed E-state index contributed by atoms with van der Waals surface area (Å²) in [5, 5.41) is 18.5. The maximum absolute atomic E-state index is 11.1. The lowest BCUT2D eigenvalue weighted by Gasteiger charge is -2.05. The van der Waals surface area contributed by atoms with E-state index in [1.165, 1.54) is 6.20 Å². The van der Waals surface area contributed by atoms with Gasteiger partial charge < -0.3 is 5.11 Å². The largest absolute Gasteiger partial charge is 0.478 e. The number of aryl methyl sites for hydroxylation is 1. The highest BCUT2D eigenvalue weighted by atomic mass is 16.4. The summed E-state index contributed by atoms with van der Waals surface area (Å²) in [4.78, 5) is 11.1. The molecule has 0 aliphatic heterocycles. The van der Waals surface area contributed by atoms with E-state index in [9.17, 15) is 4.79 Å². The molecule has 0 atom stereocenters. The predicted octanol–water partition coefficient (Wildman–Crippen LogP) is 1.52. The van der Waals surface area contributed by atoms with Crippen LogP contribution in [0.15, 0.2) is 36.7 Å². The van der Waals surface area contributed by atoms with E-state index < -0.39 is 5.97 Å². The number of hydrogen-bond donors (Lipinski definition) is 1. The van der Waals surface area contributed by atoms with Gasteiger partial charge in [-0.05, 0) is 6.07 Å². The number of nitrogens with zero attached hydrogens (tertiary/aromatic N) is 4. The fourth-order valence-electron chi connectivity index (χ4n) is 2.12. The molecule has 2 aromatic heterocycles. The van der Waals surface area contributed by atoms with Gasteiger partial charge in [0.25, 0.3) is 0 Å². The maximum atomic E-state index is 11.1. The van der Waals surface area contributed by atoms with E-state index >= 15 is 0 Å². The van der Waals surface area contributed by atoms with Crippen LogP contribution in [-0.2, 0) is 13.6 Å². The van der Waals surface area contributed by atoms with Crippen LogP contribution >= 0.6 is 0 Å². The average molecular weight is 256 g/mol. The quantitative estimate of drug-likeness (QED) is 0.771. The van der Waals surface area contributed by atoms with Crippen molar-refractivity contribution in [2.75, 3.05) is 0 Å². The van der Waals surface area contributed by atoms with Crippen LogP contribution in [0.4, 0.5) is 0 Å². The van der Waals surface area contributed by atoms with Gasteiger partial charge in [-0.3, -0.25) is 9.36 Å². The van der Waals surface area contributed by atoms with Crippen LogP contribution in [-0.4, -0.2) is 30.6 Å². The fraction of sp³-hybridized carbons (Fsp3) is 0.154. The minimum absolute atomic E-state index is 0.210. The second-order valence-electron chi connectivity index (χ2n) is 4.29. The molecule has 6 nitrogen and oxygen atoms in total. The summed E-state index contributed by atoms with van der Waals surface area (Å²) in [7, 11) is 1.73. The van der Waals surface area contributed by atoms with Crippen LogP contribution in [0.2, 0.25) is 0 Å². The summed E-state index contributed by atoms with van der Waals surface area (Å²) in [6, 6.07) is 7.81. The zero-order valence-corrected chi connectivity index (χ0v) is 10.3. The van der Waals surface area contributed by atoms with Crippen LogP contribution in [0.1, 0.15) is 16.1 Å². The summed E-state index contributed by atoms with van der Waals surface area (Å²) in [6.07, 6.45) is 3.13. The number of carboxylic acids is 1. The lowest BCUT2D eigenvalue weighted by Crippen LogP contribution is -2.11. The first-order valence-electron chi connectivity index (χ1n) is 5.81. The number of carboxylic acid groups (broad SMARTS) is 1. The molecule has 6 heteroatoms. The van der Waals surface area contributed by atoms with E-state index in [4.69, 9.17) is 5.11 Å². The van der Waals surface area contributed by atoms with E-state index in [1.54, 1.807) is 22.6 Å². The number of carbonyl (C=O) groups is 1. The smallest absolute Gasteiger partial charge is 0.339 e. The Morgan fingerprint density at radius 3 is 2.84 bits per heavy atom. The number of fused-ring (bicyclic) bond motifs is 1. The molecule has 0 saturated carbocycles. The average Bonchev–Trinajstić information content (AvgIpc) is 2.96. The Bertz CT molecular complexity index is 757. The molecule has 0 saturated heterocycles. The second kappa shape index (κ2) is 4.24. The second-order valence-corrected chi connectivity index (χ2v) is 4.29. The highest BCUT2D eigenvalue weighted by Gasteiger charge is 2.16. The molecule has 19 heavy (non-hydrogen) atoms. The molecule has 0 radical (unpaired) electrons. The molecule has 0 spiro atoms. The van der Waals surface area contributed by atoms with Crippen LogP contribution in [0, 0.1) is 0 Å². The lowest BCUT2D eigenvalue weighted by atomic mass is 10.2. The van der Waals surface area contributed by atoms with E-state index in [0.29, 0.717) is 12.2 Å². The third kappa shape index (κ3) is 1.87. The van der Waals surface area contributed by atoms with Gasteiger partial charge in [0.15, 0.2) is 0 Å². The van der Waals surface area contributed by atoms with Gasteiger partial charge in [-0.15, -0.1) is 0 Å². The van der Waals surface area contributed by atoms with E-state index in [1.807, 2.05) is 24.3 Å². The fourth-order valence-corrected chi connectivity index (χ4v) is 2.12. The molecular weight excluding hydrogens is 244 g/mol. The minimum atomic E-state index is -0.973. The van der Waals surface area contributed by atoms with Crippen LogP contribution < -0.4 is 0 Å². The van der Waals surface area contributed by atoms with E-state index in [-0.39, 0.29) is 5.56 Å². The first kappa shape index (κ1) is 11.5. The zero-order chi connectivity index (χ0) is 13.4. The van der Waals surface area contributed by atoms with Gasteiger partial charge in [0, 0.05) is 12.4 Å². The summed E-state index contributed by atoms with van der Waals surface area (Å²) >= 11 is 0. The van der Waals surface area contributed by atoms with Crippen molar-refractivity contribution in [3.05, 3.63) is 47.9 Å². The van der Waals surface area contributed by atoms with Crippen molar-refractivity contribution in [2.45, 2.75) is 6.54 Å². The molecule has 1 N–H and O–H groups in total. The molecule has 1 aromatic carbocycles. The molecular formula is C13H12N4O2. The highest BCUT2D eigenvalue weighted by Crippen LogP contribution is 2.16. The minimum Gasteiger partial charge on any atom is -0.478 e. The predicted molar refractivity (Wildman–Crippen MR) is 69.0 cm³/mol. The van der Waals surface area contributed by atoms with Crippen molar-refractivity contribution < 1.29 is 9.90 Å². The molecule has 0 aliphatic carbocycles.